The molecule has 3 heterocycles. The molecule has 5 nitrogen and oxygen atoms in total. The number of aromatic amines is 1. The Labute approximate surface area is 213 Å². The van der Waals surface area contributed by atoms with Gasteiger partial charge in [-0.1, -0.05) is 34.5 Å². The Morgan fingerprint density at radius 2 is 1.97 bits per heavy atom. The molecule has 2 aromatic rings. The van der Waals surface area contributed by atoms with Crippen LogP contribution in [0.3, 0.4) is 0 Å². The van der Waals surface area contributed by atoms with Crippen molar-refractivity contribution in [1.82, 2.24) is 14.9 Å². The van der Waals surface area contributed by atoms with Crippen molar-refractivity contribution in [3.63, 3.8) is 0 Å². The smallest absolute Gasteiger partial charge is 0.416 e. The molecule has 1 N–H and O–H groups in total. The van der Waals surface area contributed by atoms with Gasteiger partial charge < -0.3 is 14.6 Å². The fourth-order valence-electron chi connectivity index (χ4n) is 4.72. The number of likely N-dealkylation sites (tertiary alicyclic amines) is 1. The number of rotatable bonds is 7. The maximum Gasteiger partial charge on any atom is 0.416 e. The molecule has 2 aliphatic heterocycles. The molecule has 1 atom stereocenters. The lowest BCUT2D eigenvalue weighted by atomic mass is 9.92. The summed E-state index contributed by atoms with van der Waals surface area (Å²) in [6.45, 7) is 4.85. The molecule has 35 heavy (non-hydrogen) atoms. The number of allylic oxidation sites excluding steroid dienone is 1. The van der Waals surface area contributed by atoms with Gasteiger partial charge in [0, 0.05) is 28.4 Å². The summed E-state index contributed by atoms with van der Waals surface area (Å²) in [5.41, 5.74) is 0.991. The van der Waals surface area contributed by atoms with Crippen LogP contribution in [0.5, 0.6) is 0 Å². The van der Waals surface area contributed by atoms with Gasteiger partial charge >= 0.3 is 6.18 Å². The lowest BCUT2D eigenvalue weighted by molar-refractivity contribution is -0.137. The van der Waals surface area contributed by atoms with E-state index >= 15 is 0 Å². The Balaban J connectivity index is 1.33. The second-order valence-electron chi connectivity index (χ2n) is 9.56. The number of imidazole rings is 1. The number of hydrogen-bond acceptors (Lipinski definition) is 4. The quantitative estimate of drug-likeness (QED) is 0.374. The Morgan fingerprint density at radius 1 is 1.20 bits per heavy atom. The number of unbranched alkanes of at least 4 members (excludes halogenated alkanes) is 1. The van der Waals surface area contributed by atoms with E-state index in [-0.39, 0.29) is 5.92 Å². The first kappa shape index (κ1) is 25.9. The first-order valence-electron chi connectivity index (χ1n) is 12.2. The van der Waals surface area contributed by atoms with Crippen molar-refractivity contribution >= 4 is 21.8 Å². The fourth-order valence-corrected chi connectivity index (χ4v) is 5.20. The Morgan fingerprint density at radius 3 is 2.71 bits per heavy atom. The van der Waals surface area contributed by atoms with Crippen LogP contribution in [0, 0.1) is 12.8 Å². The molecule has 0 spiro atoms. The molecule has 1 aromatic carbocycles. The zero-order chi connectivity index (χ0) is 25.0. The lowest BCUT2D eigenvalue weighted by Crippen LogP contribution is -2.30. The summed E-state index contributed by atoms with van der Waals surface area (Å²) < 4.78 is 46.3. The molecule has 1 unspecified atom stereocenters. The number of H-pyrrole nitrogens is 1. The average molecular weight is 553 g/mol. The van der Waals surface area contributed by atoms with Crippen molar-refractivity contribution in [1.29, 1.82) is 0 Å². The monoisotopic (exact) mass is 552 g/mol. The number of alkyl halides is 3. The molecule has 0 aliphatic carbocycles. The highest BCUT2D eigenvalue weighted by molar-refractivity contribution is 9.11. The van der Waals surface area contributed by atoms with Crippen LogP contribution >= 0.6 is 15.9 Å². The number of hydrogen-bond donors (Lipinski definition) is 1. The number of aliphatic imine (C=N–C) groups is 1. The molecule has 1 aromatic heterocycles. The second kappa shape index (κ2) is 11.3. The van der Waals surface area contributed by atoms with E-state index in [1.807, 2.05) is 6.92 Å². The molecule has 9 heteroatoms. The number of nitrogens with zero attached hydrogens (tertiary/aromatic N) is 3. The standard InChI is InChI=1S/C26H32BrF3N4O/c1-17-24(19-7-5-8-20(14-19)26(28,29)30)33-25(32-17)21-15-23(31-16-22(21)27)35-13-4-3-6-18-9-11-34(2)12-10-18/h5,7-8,14,16,18,21H,3-4,6,9-13,15H2,1-2H3,(H,32,33). The second-order valence-corrected chi connectivity index (χ2v) is 10.5. The van der Waals surface area contributed by atoms with Gasteiger partial charge in [-0.25, -0.2) is 9.98 Å². The van der Waals surface area contributed by atoms with Gasteiger partial charge in [0.05, 0.1) is 23.8 Å². The van der Waals surface area contributed by atoms with E-state index in [4.69, 9.17) is 4.74 Å². The molecular weight excluding hydrogens is 521 g/mol. The fraction of sp³-hybridized carbons (Fsp3) is 0.538. The molecule has 4 rings (SSSR count). The van der Waals surface area contributed by atoms with Crippen LogP contribution in [-0.2, 0) is 10.9 Å². The topological polar surface area (TPSA) is 53.5 Å². The minimum atomic E-state index is -4.39. The van der Waals surface area contributed by atoms with Crippen LogP contribution in [0.15, 0.2) is 39.9 Å². The summed E-state index contributed by atoms with van der Waals surface area (Å²) in [4.78, 5) is 14.7. The van der Waals surface area contributed by atoms with Crippen LogP contribution < -0.4 is 0 Å². The van der Waals surface area contributed by atoms with Crippen molar-refractivity contribution in [2.75, 3.05) is 26.7 Å². The SMILES string of the molecule is Cc1[nH]c(C2CC(OCCCCC3CCN(C)CC3)=NC=C2Br)nc1-c1cccc(C(F)(F)F)c1. The highest BCUT2D eigenvalue weighted by atomic mass is 79.9. The summed E-state index contributed by atoms with van der Waals surface area (Å²) in [5, 5.41) is 0. The normalized spacial score (nSPS) is 20.0. The molecule has 1 saturated heterocycles. The predicted molar refractivity (Wildman–Crippen MR) is 136 cm³/mol. The predicted octanol–water partition coefficient (Wildman–Crippen LogP) is 7.05. The Kier molecular flexibility index (Phi) is 8.37. The van der Waals surface area contributed by atoms with Crippen LogP contribution in [0.25, 0.3) is 11.3 Å². The largest absolute Gasteiger partial charge is 0.481 e. The van der Waals surface area contributed by atoms with Crippen LogP contribution in [0.2, 0.25) is 0 Å². The van der Waals surface area contributed by atoms with Crippen molar-refractivity contribution < 1.29 is 17.9 Å². The van der Waals surface area contributed by atoms with E-state index in [1.165, 1.54) is 38.4 Å². The van der Waals surface area contributed by atoms with Crippen molar-refractivity contribution in [3.05, 3.63) is 52.0 Å². The van der Waals surface area contributed by atoms with Crippen molar-refractivity contribution in [3.8, 4) is 11.3 Å². The third kappa shape index (κ3) is 6.76. The number of ether oxygens (including phenoxy) is 1. The number of nitrogens with one attached hydrogen (secondary N) is 1. The van der Waals surface area contributed by atoms with Gasteiger partial charge in [0.1, 0.15) is 5.82 Å². The summed E-state index contributed by atoms with van der Waals surface area (Å²) in [5.74, 6) is 2.04. The Bertz CT molecular complexity index is 1070. The van der Waals surface area contributed by atoms with E-state index in [2.05, 4.69) is 42.8 Å². The Hall–Kier alpha value is -2.13. The number of aromatic nitrogens is 2. The van der Waals surface area contributed by atoms with Crippen molar-refractivity contribution in [2.45, 2.75) is 57.5 Å². The number of halogens is 4. The van der Waals surface area contributed by atoms with E-state index in [0.29, 0.717) is 36.0 Å². The molecule has 0 radical (unpaired) electrons. The third-order valence-corrected chi connectivity index (χ3v) is 7.61. The van der Waals surface area contributed by atoms with E-state index in [0.717, 1.165) is 41.1 Å². The number of aryl methyl sites for hydroxylation is 1. The van der Waals surface area contributed by atoms with Gasteiger partial charge in [-0.05, 0) is 70.8 Å². The van der Waals surface area contributed by atoms with E-state index in [1.54, 1.807) is 12.3 Å². The molecular formula is C26H32BrF3N4O. The highest BCUT2D eigenvalue weighted by Gasteiger charge is 2.31. The van der Waals surface area contributed by atoms with Gasteiger partial charge in [0.15, 0.2) is 5.90 Å². The van der Waals surface area contributed by atoms with E-state index < -0.39 is 11.7 Å². The highest BCUT2D eigenvalue weighted by Crippen LogP contribution is 2.37. The summed E-state index contributed by atoms with van der Waals surface area (Å²) in [7, 11) is 2.19. The maximum absolute atomic E-state index is 13.2. The van der Waals surface area contributed by atoms with Gasteiger partial charge in [-0.3, -0.25) is 0 Å². The van der Waals surface area contributed by atoms with Gasteiger partial charge in [0.25, 0.3) is 0 Å². The third-order valence-electron chi connectivity index (χ3n) is 6.85. The van der Waals surface area contributed by atoms with Gasteiger partial charge in [-0.15, -0.1) is 0 Å². The van der Waals surface area contributed by atoms with Crippen molar-refractivity contribution in [2.24, 2.45) is 10.9 Å². The molecule has 190 valence electrons. The van der Waals surface area contributed by atoms with Gasteiger partial charge in [0.2, 0.25) is 0 Å². The molecule has 2 aliphatic rings. The first-order valence-corrected chi connectivity index (χ1v) is 13.0. The molecule has 0 saturated carbocycles. The zero-order valence-corrected chi connectivity index (χ0v) is 21.8. The summed E-state index contributed by atoms with van der Waals surface area (Å²) in [6, 6.07) is 5.27. The minimum Gasteiger partial charge on any atom is -0.481 e. The van der Waals surface area contributed by atoms with Crippen LogP contribution in [0.4, 0.5) is 13.2 Å². The molecule has 0 amide bonds. The molecule has 0 bridgehead atoms. The first-order chi connectivity index (χ1) is 16.7. The summed E-state index contributed by atoms with van der Waals surface area (Å²) >= 11 is 3.57. The maximum atomic E-state index is 13.2. The zero-order valence-electron chi connectivity index (χ0n) is 20.2. The average Bonchev–Trinajstić information content (AvgIpc) is 3.22. The summed E-state index contributed by atoms with van der Waals surface area (Å²) in [6.07, 6.45) is 3.86. The van der Waals surface area contributed by atoms with Gasteiger partial charge in [-0.2, -0.15) is 13.2 Å². The number of benzene rings is 1. The lowest BCUT2D eigenvalue weighted by Gasteiger charge is -2.28. The van der Waals surface area contributed by atoms with Crippen LogP contribution in [-0.4, -0.2) is 47.5 Å². The van der Waals surface area contributed by atoms with Crippen LogP contribution in [0.1, 0.15) is 61.5 Å². The van der Waals surface area contributed by atoms with E-state index in [9.17, 15) is 13.2 Å². The number of piperidine rings is 1. The minimum absolute atomic E-state index is 0.125. The molecule has 1 fully saturated rings.